The lowest BCUT2D eigenvalue weighted by Gasteiger charge is -2.31. The van der Waals surface area contributed by atoms with Gasteiger partial charge in [-0.2, -0.15) is 5.10 Å². The summed E-state index contributed by atoms with van der Waals surface area (Å²) in [5, 5.41) is 15.8. The first kappa shape index (κ1) is 13.7. The van der Waals surface area contributed by atoms with Gasteiger partial charge in [-0.25, -0.2) is 0 Å². The van der Waals surface area contributed by atoms with E-state index in [1.54, 1.807) is 19.4 Å². The maximum Gasteiger partial charge on any atom is 0.162 e. The fraction of sp³-hybridized carbons (Fsp3) is 0.615. The van der Waals surface area contributed by atoms with Crippen LogP contribution in [0, 0.1) is 11.3 Å². The lowest BCUT2D eigenvalue weighted by atomic mass is 10.1. The van der Waals surface area contributed by atoms with Crippen LogP contribution in [0.5, 0.6) is 0 Å². The predicted molar refractivity (Wildman–Crippen MR) is 74.5 cm³/mol. The fourth-order valence-electron chi connectivity index (χ4n) is 2.27. The van der Waals surface area contributed by atoms with E-state index in [-0.39, 0.29) is 5.84 Å². The minimum absolute atomic E-state index is 0.0234. The molecule has 2 rings (SSSR count). The molecule has 1 aromatic rings. The van der Waals surface area contributed by atoms with Gasteiger partial charge >= 0.3 is 0 Å². The number of hydrogen-bond donors (Lipinski definition) is 2. The van der Waals surface area contributed by atoms with Crippen LogP contribution in [0.3, 0.4) is 0 Å². The zero-order valence-electron chi connectivity index (χ0n) is 11.5. The zero-order valence-corrected chi connectivity index (χ0v) is 11.5. The van der Waals surface area contributed by atoms with Gasteiger partial charge in [0.05, 0.1) is 18.4 Å². The van der Waals surface area contributed by atoms with Crippen LogP contribution in [0.2, 0.25) is 0 Å². The Morgan fingerprint density at radius 3 is 2.95 bits per heavy atom. The third-order valence-corrected chi connectivity index (χ3v) is 3.60. The Bertz CT molecular complexity index is 446. The number of nitrogens with zero attached hydrogens (tertiary/aromatic N) is 3. The summed E-state index contributed by atoms with van der Waals surface area (Å²) in [6, 6.07) is 2.11. The van der Waals surface area contributed by atoms with Gasteiger partial charge in [0.25, 0.3) is 0 Å². The van der Waals surface area contributed by atoms with Crippen LogP contribution in [0.15, 0.2) is 12.3 Å². The zero-order chi connectivity index (χ0) is 13.8. The molecule has 0 spiro atoms. The number of nitrogens with two attached hydrogens (primary N) is 1. The first-order valence-electron chi connectivity index (χ1n) is 6.56. The second-order valence-corrected chi connectivity index (χ2v) is 4.95. The van der Waals surface area contributed by atoms with Crippen molar-refractivity contribution >= 4 is 11.7 Å². The number of rotatable bonds is 7. The number of nitrogen functional groups attached to an aromatic ring is 1. The van der Waals surface area contributed by atoms with E-state index in [0.29, 0.717) is 29.9 Å². The molecule has 1 aliphatic carbocycles. The molecule has 1 unspecified atom stereocenters. The largest absolute Gasteiger partial charge is 0.384 e. The molecule has 0 aromatic carbocycles. The molecule has 0 saturated heterocycles. The average Bonchev–Trinajstić information content (AvgIpc) is 3.23. The monoisotopic (exact) mass is 263 g/mol. The van der Waals surface area contributed by atoms with Crippen molar-refractivity contribution in [2.45, 2.75) is 25.8 Å². The van der Waals surface area contributed by atoms with Gasteiger partial charge in [-0.05, 0) is 31.7 Å². The van der Waals surface area contributed by atoms with Gasteiger partial charge in [-0.3, -0.25) is 5.41 Å². The molecule has 3 N–H and O–H groups in total. The molecule has 0 amide bonds. The highest BCUT2D eigenvalue weighted by atomic mass is 16.5. The summed E-state index contributed by atoms with van der Waals surface area (Å²) >= 11 is 0. The smallest absolute Gasteiger partial charge is 0.162 e. The molecule has 6 nitrogen and oxygen atoms in total. The maximum absolute atomic E-state index is 7.66. The van der Waals surface area contributed by atoms with Gasteiger partial charge in [0.15, 0.2) is 5.82 Å². The SMILES string of the molecule is COCCN(c1nnccc1C(=N)N)C(C)C1CC1. The van der Waals surface area contributed by atoms with Crippen LogP contribution in [-0.4, -0.2) is 42.3 Å². The number of aromatic nitrogens is 2. The molecule has 0 aliphatic heterocycles. The number of anilines is 1. The van der Waals surface area contributed by atoms with Gasteiger partial charge in [0.1, 0.15) is 5.84 Å². The van der Waals surface area contributed by atoms with Gasteiger partial charge < -0.3 is 15.4 Å². The molecule has 104 valence electrons. The molecule has 1 aliphatic rings. The molecular weight excluding hydrogens is 242 g/mol. The van der Waals surface area contributed by atoms with Crippen molar-refractivity contribution in [2.75, 3.05) is 25.2 Å². The standard InChI is InChI=1S/C13H21N5O/c1-9(10-3-4-10)18(7-8-19-2)13-11(12(14)15)5-6-16-17-13/h5-6,9-10H,3-4,7-8H2,1-2H3,(H3,14,15). The summed E-state index contributed by atoms with van der Waals surface area (Å²) in [7, 11) is 1.68. The Morgan fingerprint density at radius 1 is 1.63 bits per heavy atom. The van der Waals surface area contributed by atoms with Crippen LogP contribution >= 0.6 is 0 Å². The van der Waals surface area contributed by atoms with Crippen LogP contribution < -0.4 is 10.6 Å². The molecule has 1 heterocycles. The highest BCUT2D eigenvalue weighted by molar-refractivity contribution is 5.99. The van der Waals surface area contributed by atoms with Crippen molar-refractivity contribution < 1.29 is 4.74 Å². The van der Waals surface area contributed by atoms with Crippen molar-refractivity contribution in [3.63, 3.8) is 0 Å². The number of methoxy groups -OCH3 is 1. The number of ether oxygens (including phenoxy) is 1. The van der Waals surface area contributed by atoms with E-state index in [1.807, 2.05) is 0 Å². The second kappa shape index (κ2) is 5.97. The molecule has 1 atom stereocenters. The molecule has 1 fully saturated rings. The fourth-order valence-corrected chi connectivity index (χ4v) is 2.27. The molecule has 0 radical (unpaired) electrons. The predicted octanol–water partition coefficient (Wildman–Crippen LogP) is 1.01. The second-order valence-electron chi connectivity index (χ2n) is 4.95. The van der Waals surface area contributed by atoms with Crippen molar-refractivity contribution in [1.29, 1.82) is 5.41 Å². The molecule has 6 heteroatoms. The summed E-state index contributed by atoms with van der Waals surface area (Å²) in [6.07, 6.45) is 4.07. The van der Waals surface area contributed by atoms with E-state index in [0.717, 1.165) is 6.54 Å². The van der Waals surface area contributed by atoms with Crippen LogP contribution in [0.25, 0.3) is 0 Å². The van der Waals surface area contributed by atoms with Crippen LogP contribution in [0.1, 0.15) is 25.3 Å². The Morgan fingerprint density at radius 2 is 2.37 bits per heavy atom. The van der Waals surface area contributed by atoms with Crippen LogP contribution in [-0.2, 0) is 4.74 Å². The van der Waals surface area contributed by atoms with Gasteiger partial charge in [-0.1, -0.05) is 0 Å². The van der Waals surface area contributed by atoms with E-state index < -0.39 is 0 Å². The number of nitrogens with one attached hydrogen (secondary N) is 1. The molecule has 1 aromatic heterocycles. The minimum atomic E-state index is 0.0234. The van der Waals surface area contributed by atoms with Gasteiger partial charge in [-0.15, -0.1) is 5.10 Å². The van der Waals surface area contributed by atoms with Gasteiger partial charge in [0.2, 0.25) is 0 Å². The van der Waals surface area contributed by atoms with E-state index in [2.05, 4.69) is 22.0 Å². The topological polar surface area (TPSA) is 88.1 Å². The summed E-state index contributed by atoms with van der Waals surface area (Å²) in [5.74, 6) is 1.40. The Hall–Kier alpha value is -1.69. The summed E-state index contributed by atoms with van der Waals surface area (Å²) in [4.78, 5) is 2.16. The quantitative estimate of drug-likeness (QED) is 0.566. The number of amidine groups is 1. The first-order chi connectivity index (χ1) is 9.15. The Kier molecular flexibility index (Phi) is 4.31. The molecule has 0 bridgehead atoms. The van der Waals surface area contributed by atoms with Crippen molar-refractivity contribution in [2.24, 2.45) is 11.7 Å². The third kappa shape index (κ3) is 3.20. The normalized spacial score (nSPS) is 16.1. The highest BCUT2D eigenvalue weighted by Gasteiger charge is 2.33. The van der Waals surface area contributed by atoms with Gasteiger partial charge in [0, 0.05) is 19.7 Å². The van der Waals surface area contributed by atoms with E-state index >= 15 is 0 Å². The third-order valence-electron chi connectivity index (χ3n) is 3.60. The minimum Gasteiger partial charge on any atom is -0.384 e. The maximum atomic E-state index is 7.66. The lowest BCUT2D eigenvalue weighted by molar-refractivity contribution is 0.202. The van der Waals surface area contributed by atoms with E-state index in [9.17, 15) is 0 Å². The molecular formula is C13H21N5O. The van der Waals surface area contributed by atoms with E-state index in [4.69, 9.17) is 15.9 Å². The Labute approximate surface area is 113 Å². The van der Waals surface area contributed by atoms with Crippen molar-refractivity contribution in [3.8, 4) is 0 Å². The summed E-state index contributed by atoms with van der Waals surface area (Å²) < 4.78 is 5.17. The van der Waals surface area contributed by atoms with Crippen LogP contribution in [0.4, 0.5) is 5.82 Å². The van der Waals surface area contributed by atoms with Crippen molar-refractivity contribution in [1.82, 2.24) is 10.2 Å². The van der Waals surface area contributed by atoms with Crippen molar-refractivity contribution in [3.05, 3.63) is 17.8 Å². The molecule has 19 heavy (non-hydrogen) atoms. The Balaban J connectivity index is 2.28. The summed E-state index contributed by atoms with van der Waals surface area (Å²) in [5.41, 5.74) is 6.27. The summed E-state index contributed by atoms with van der Waals surface area (Å²) in [6.45, 7) is 3.53. The average molecular weight is 263 g/mol. The van der Waals surface area contributed by atoms with E-state index in [1.165, 1.54) is 12.8 Å². The highest BCUT2D eigenvalue weighted by Crippen LogP contribution is 2.36. The first-order valence-corrected chi connectivity index (χ1v) is 6.56. The molecule has 1 saturated carbocycles. The lowest BCUT2D eigenvalue weighted by Crippen LogP contribution is -2.39. The number of hydrogen-bond acceptors (Lipinski definition) is 5.